The zero-order valence-electron chi connectivity index (χ0n) is 7.31. The molecule has 0 saturated heterocycles. The second kappa shape index (κ2) is 4.06. The maximum atomic E-state index is 4.52. The summed E-state index contributed by atoms with van der Waals surface area (Å²) < 4.78 is 3.38. The topological polar surface area (TPSA) is 12.9 Å². The molecule has 0 aliphatic heterocycles. The van der Waals surface area contributed by atoms with Crippen LogP contribution in [-0.2, 0) is 0 Å². The van der Waals surface area contributed by atoms with Crippen molar-refractivity contribution in [3.8, 4) is 0 Å². The molecular formula is C10H6Br2IN. The lowest BCUT2D eigenvalue weighted by atomic mass is 10.2. The van der Waals surface area contributed by atoms with Crippen LogP contribution >= 0.6 is 54.5 Å². The number of nitrogens with zero attached hydrogens (tertiary/aromatic N) is 1. The largest absolute Gasteiger partial charge is 0.252 e. The van der Waals surface area contributed by atoms with Crippen molar-refractivity contribution in [2.24, 2.45) is 0 Å². The Balaban J connectivity index is 2.92. The molecule has 1 nitrogen and oxygen atoms in total. The van der Waals surface area contributed by atoms with Gasteiger partial charge in [0.1, 0.15) is 0 Å². The van der Waals surface area contributed by atoms with Crippen LogP contribution in [0.4, 0.5) is 0 Å². The van der Waals surface area contributed by atoms with Gasteiger partial charge in [0.25, 0.3) is 0 Å². The van der Waals surface area contributed by atoms with E-state index in [-0.39, 0.29) is 0 Å². The van der Waals surface area contributed by atoms with E-state index in [1.807, 2.05) is 19.1 Å². The lowest BCUT2D eigenvalue weighted by Crippen LogP contribution is -1.90. The van der Waals surface area contributed by atoms with Gasteiger partial charge in [0.05, 0.1) is 11.2 Å². The van der Waals surface area contributed by atoms with Gasteiger partial charge in [0.2, 0.25) is 0 Å². The van der Waals surface area contributed by atoms with E-state index in [2.05, 4.69) is 65.5 Å². The Morgan fingerprint density at radius 3 is 2.71 bits per heavy atom. The van der Waals surface area contributed by atoms with Crippen molar-refractivity contribution in [2.45, 2.75) is 6.92 Å². The average Bonchev–Trinajstić information content (AvgIpc) is 2.16. The molecule has 0 bridgehead atoms. The molecule has 0 atom stereocenters. The zero-order chi connectivity index (χ0) is 10.3. The molecule has 0 saturated carbocycles. The number of halogens is 3. The quantitative estimate of drug-likeness (QED) is 0.558. The first-order valence-corrected chi connectivity index (χ1v) is 6.67. The normalized spacial score (nSPS) is 10.9. The lowest BCUT2D eigenvalue weighted by Gasteiger charge is -2.06. The standard InChI is InChI=1S/C10H6Br2IN/c1-5-10(13)9(12)7-4-6(11)2-3-8(7)14-5/h2-4H,1H3. The van der Waals surface area contributed by atoms with E-state index in [4.69, 9.17) is 0 Å². The number of rotatable bonds is 0. The monoisotopic (exact) mass is 425 g/mol. The van der Waals surface area contributed by atoms with Gasteiger partial charge in [-0.15, -0.1) is 0 Å². The Bertz CT molecular complexity index is 511. The molecule has 0 spiro atoms. The Hall–Kier alpha value is 0.320. The van der Waals surface area contributed by atoms with E-state index >= 15 is 0 Å². The maximum absolute atomic E-state index is 4.52. The summed E-state index contributed by atoms with van der Waals surface area (Å²) in [5.41, 5.74) is 2.09. The van der Waals surface area contributed by atoms with Crippen LogP contribution in [0.25, 0.3) is 10.9 Å². The van der Waals surface area contributed by atoms with Crippen LogP contribution in [0, 0.1) is 10.5 Å². The molecule has 0 aliphatic carbocycles. The molecule has 1 aromatic heterocycles. The van der Waals surface area contributed by atoms with Gasteiger partial charge in [0, 0.05) is 17.9 Å². The molecule has 2 rings (SSSR count). The zero-order valence-corrected chi connectivity index (χ0v) is 12.6. The van der Waals surface area contributed by atoms with E-state index in [9.17, 15) is 0 Å². The van der Waals surface area contributed by atoms with Gasteiger partial charge in [-0.2, -0.15) is 0 Å². The van der Waals surface area contributed by atoms with Gasteiger partial charge < -0.3 is 0 Å². The van der Waals surface area contributed by atoms with E-state index in [0.29, 0.717) is 0 Å². The van der Waals surface area contributed by atoms with Crippen LogP contribution in [0.1, 0.15) is 5.69 Å². The minimum absolute atomic E-state index is 1.03. The molecule has 1 aromatic carbocycles. The van der Waals surface area contributed by atoms with Gasteiger partial charge >= 0.3 is 0 Å². The predicted molar refractivity (Wildman–Crippen MR) is 74.6 cm³/mol. The van der Waals surface area contributed by atoms with E-state index in [1.165, 1.54) is 3.57 Å². The Morgan fingerprint density at radius 2 is 2.00 bits per heavy atom. The number of hydrogen-bond donors (Lipinski definition) is 0. The summed E-state index contributed by atoms with van der Waals surface area (Å²) in [4.78, 5) is 4.52. The van der Waals surface area contributed by atoms with Crippen LogP contribution < -0.4 is 0 Å². The Kier molecular flexibility index (Phi) is 3.14. The number of benzene rings is 1. The molecule has 14 heavy (non-hydrogen) atoms. The summed E-state index contributed by atoms with van der Waals surface area (Å²) in [7, 11) is 0. The van der Waals surface area contributed by atoms with E-state index in [1.54, 1.807) is 0 Å². The molecule has 0 radical (unpaired) electrons. The third-order valence-electron chi connectivity index (χ3n) is 1.99. The molecule has 0 aliphatic rings. The first-order valence-electron chi connectivity index (χ1n) is 4.00. The van der Waals surface area contributed by atoms with Crippen molar-refractivity contribution in [1.29, 1.82) is 0 Å². The fraction of sp³-hybridized carbons (Fsp3) is 0.100. The van der Waals surface area contributed by atoms with E-state index < -0.39 is 0 Å². The first-order chi connectivity index (χ1) is 6.59. The number of aryl methyl sites for hydroxylation is 1. The van der Waals surface area contributed by atoms with Crippen molar-refractivity contribution < 1.29 is 0 Å². The minimum Gasteiger partial charge on any atom is -0.252 e. The molecule has 0 unspecified atom stereocenters. The molecule has 0 fully saturated rings. The second-order valence-corrected chi connectivity index (χ2v) is 5.77. The van der Waals surface area contributed by atoms with Crippen LogP contribution in [0.3, 0.4) is 0 Å². The smallest absolute Gasteiger partial charge is 0.0718 e. The van der Waals surface area contributed by atoms with Crippen molar-refractivity contribution in [3.63, 3.8) is 0 Å². The number of aromatic nitrogens is 1. The summed E-state index contributed by atoms with van der Waals surface area (Å²) in [5, 5.41) is 1.15. The Labute approximate surface area is 113 Å². The Morgan fingerprint density at radius 1 is 1.29 bits per heavy atom. The molecule has 2 aromatic rings. The van der Waals surface area contributed by atoms with Crippen LogP contribution in [0.5, 0.6) is 0 Å². The van der Waals surface area contributed by atoms with Gasteiger partial charge in [-0.05, 0) is 63.6 Å². The highest BCUT2D eigenvalue weighted by Crippen LogP contribution is 2.31. The molecule has 4 heteroatoms. The molecule has 0 N–H and O–H groups in total. The number of pyridine rings is 1. The van der Waals surface area contributed by atoms with Crippen molar-refractivity contribution in [2.75, 3.05) is 0 Å². The summed E-state index contributed by atoms with van der Waals surface area (Å²) in [6.45, 7) is 2.02. The van der Waals surface area contributed by atoms with Crippen molar-refractivity contribution in [3.05, 3.63) is 36.4 Å². The third-order valence-corrected chi connectivity index (χ3v) is 5.37. The highest BCUT2D eigenvalue weighted by Gasteiger charge is 2.07. The van der Waals surface area contributed by atoms with Gasteiger partial charge in [-0.1, -0.05) is 15.9 Å². The second-order valence-electron chi connectivity index (χ2n) is 2.99. The van der Waals surface area contributed by atoms with Crippen LogP contribution in [0.2, 0.25) is 0 Å². The summed E-state index contributed by atoms with van der Waals surface area (Å²) >= 11 is 9.36. The van der Waals surface area contributed by atoms with Crippen molar-refractivity contribution >= 4 is 65.4 Å². The minimum atomic E-state index is 1.03. The number of fused-ring (bicyclic) bond motifs is 1. The molecule has 0 amide bonds. The predicted octanol–water partition coefficient (Wildman–Crippen LogP) is 4.67. The first kappa shape index (κ1) is 10.8. The SMILES string of the molecule is Cc1nc2ccc(Br)cc2c(Br)c1I. The lowest BCUT2D eigenvalue weighted by molar-refractivity contribution is 1.22. The van der Waals surface area contributed by atoms with Gasteiger partial charge in [0.15, 0.2) is 0 Å². The van der Waals surface area contributed by atoms with Gasteiger partial charge in [-0.3, -0.25) is 4.98 Å². The van der Waals surface area contributed by atoms with Crippen molar-refractivity contribution in [1.82, 2.24) is 4.98 Å². The average molecular weight is 427 g/mol. The van der Waals surface area contributed by atoms with Crippen LogP contribution in [0.15, 0.2) is 27.1 Å². The molecular weight excluding hydrogens is 421 g/mol. The van der Waals surface area contributed by atoms with Crippen LogP contribution in [-0.4, -0.2) is 4.98 Å². The summed E-state index contributed by atoms with van der Waals surface area (Å²) in [6.07, 6.45) is 0. The summed E-state index contributed by atoms with van der Waals surface area (Å²) in [5.74, 6) is 0. The fourth-order valence-corrected chi connectivity index (χ4v) is 2.67. The highest BCUT2D eigenvalue weighted by molar-refractivity contribution is 14.1. The van der Waals surface area contributed by atoms with E-state index in [0.717, 1.165) is 25.5 Å². The third kappa shape index (κ3) is 1.84. The van der Waals surface area contributed by atoms with Gasteiger partial charge in [-0.25, -0.2) is 0 Å². The summed E-state index contributed by atoms with van der Waals surface area (Å²) in [6, 6.07) is 6.11. The fourth-order valence-electron chi connectivity index (χ4n) is 1.29. The highest BCUT2D eigenvalue weighted by atomic mass is 127. The molecule has 1 heterocycles. The number of hydrogen-bond acceptors (Lipinski definition) is 1. The molecule has 72 valence electrons. The maximum Gasteiger partial charge on any atom is 0.0718 e.